The molecule has 35 heavy (non-hydrogen) atoms. The summed E-state index contributed by atoms with van der Waals surface area (Å²) in [5.74, 6) is -0.872. The van der Waals surface area contributed by atoms with Gasteiger partial charge in [0.1, 0.15) is 0 Å². The van der Waals surface area contributed by atoms with Crippen molar-refractivity contribution in [3.8, 4) is 11.5 Å². The number of anilines is 1. The van der Waals surface area contributed by atoms with Gasteiger partial charge in [0.2, 0.25) is 5.91 Å². The molecule has 2 amide bonds. The fourth-order valence-electron chi connectivity index (χ4n) is 3.64. The van der Waals surface area contributed by atoms with E-state index in [9.17, 15) is 19.2 Å². The Kier molecular flexibility index (Phi) is 7.91. The molecule has 0 aromatic heterocycles. The van der Waals surface area contributed by atoms with E-state index in [1.165, 1.54) is 44.6 Å². The van der Waals surface area contributed by atoms with Gasteiger partial charge in [-0.05, 0) is 62.7 Å². The zero-order valence-electron chi connectivity index (χ0n) is 20.5. The molecule has 1 N–H and O–H groups in total. The highest BCUT2D eigenvalue weighted by Crippen LogP contribution is 2.28. The fourth-order valence-corrected chi connectivity index (χ4v) is 3.64. The molecular formula is C26H30N2O7. The van der Waals surface area contributed by atoms with E-state index in [1.807, 2.05) is 20.8 Å². The Labute approximate surface area is 204 Å². The molecule has 1 saturated heterocycles. The summed E-state index contributed by atoms with van der Waals surface area (Å²) in [6.45, 7) is 5.50. The molecule has 0 radical (unpaired) electrons. The summed E-state index contributed by atoms with van der Waals surface area (Å²) in [4.78, 5) is 51.3. The molecule has 1 atom stereocenters. The number of methoxy groups -OCH3 is 2. The molecule has 0 aliphatic carbocycles. The molecule has 0 spiro atoms. The molecule has 1 fully saturated rings. The molecule has 1 aliphatic heterocycles. The van der Waals surface area contributed by atoms with E-state index in [2.05, 4.69) is 5.32 Å². The van der Waals surface area contributed by atoms with E-state index in [4.69, 9.17) is 14.2 Å². The van der Waals surface area contributed by atoms with Crippen LogP contribution in [0.15, 0.2) is 42.5 Å². The van der Waals surface area contributed by atoms with Crippen LogP contribution in [-0.2, 0) is 14.3 Å². The first-order chi connectivity index (χ1) is 16.6. The summed E-state index contributed by atoms with van der Waals surface area (Å²) in [7, 11) is 2.95. The molecule has 3 rings (SSSR count). The summed E-state index contributed by atoms with van der Waals surface area (Å²) in [5.41, 5.74) is 0.594. The molecule has 9 heteroatoms. The number of carbonyl (C=O) groups is 4. The van der Waals surface area contributed by atoms with Gasteiger partial charge in [0, 0.05) is 11.1 Å². The minimum Gasteiger partial charge on any atom is -0.493 e. The summed E-state index contributed by atoms with van der Waals surface area (Å²) < 4.78 is 15.5. The monoisotopic (exact) mass is 482 g/mol. The van der Waals surface area contributed by atoms with Crippen molar-refractivity contribution in [2.45, 2.75) is 45.2 Å². The van der Waals surface area contributed by atoms with Crippen LogP contribution in [0, 0.1) is 0 Å². The van der Waals surface area contributed by atoms with Crippen molar-refractivity contribution in [2.24, 2.45) is 0 Å². The lowest BCUT2D eigenvalue weighted by atomic mass is 10.00. The van der Waals surface area contributed by atoms with Crippen molar-refractivity contribution in [1.82, 2.24) is 5.32 Å². The predicted octanol–water partition coefficient (Wildman–Crippen LogP) is 3.15. The number of carbonyl (C=O) groups excluding carboxylic acids is 4. The second-order valence-corrected chi connectivity index (χ2v) is 8.82. The minimum absolute atomic E-state index is 0.0737. The molecule has 2 aromatic rings. The van der Waals surface area contributed by atoms with E-state index in [0.29, 0.717) is 22.7 Å². The molecular weight excluding hydrogens is 452 g/mol. The van der Waals surface area contributed by atoms with E-state index in [0.717, 1.165) is 11.3 Å². The maximum Gasteiger partial charge on any atom is 0.338 e. The Hall–Kier alpha value is -3.72. The van der Waals surface area contributed by atoms with Crippen molar-refractivity contribution in [1.29, 1.82) is 0 Å². The second-order valence-electron chi connectivity index (χ2n) is 8.82. The van der Waals surface area contributed by atoms with Gasteiger partial charge in [-0.1, -0.05) is 6.92 Å². The Morgan fingerprint density at radius 2 is 1.63 bits per heavy atom. The highest BCUT2D eigenvalue weighted by atomic mass is 16.5. The average molecular weight is 483 g/mol. The SMILES string of the molecule is CCC(C)(C)NC1CC(=O)N(c2ccc(C(=O)OCC(=O)c3ccc(OC)c(OC)c3)cc2)C1=O. The first-order valence-electron chi connectivity index (χ1n) is 11.3. The van der Waals surface area contributed by atoms with E-state index in [-0.39, 0.29) is 29.3 Å². The number of nitrogens with zero attached hydrogens (tertiary/aromatic N) is 1. The molecule has 0 bridgehead atoms. The Morgan fingerprint density at radius 3 is 2.23 bits per heavy atom. The van der Waals surface area contributed by atoms with Crippen LogP contribution in [0.3, 0.4) is 0 Å². The smallest absolute Gasteiger partial charge is 0.338 e. The Morgan fingerprint density at radius 1 is 1.00 bits per heavy atom. The Balaban J connectivity index is 1.63. The second kappa shape index (κ2) is 10.7. The summed E-state index contributed by atoms with van der Waals surface area (Å²) in [6, 6.07) is 10.00. The quantitative estimate of drug-likeness (QED) is 0.312. The zero-order chi connectivity index (χ0) is 25.8. The van der Waals surface area contributed by atoms with Crippen LogP contribution < -0.4 is 19.7 Å². The van der Waals surface area contributed by atoms with Gasteiger partial charge in [0.15, 0.2) is 23.9 Å². The number of rotatable bonds is 10. The average Bonchev–Trinajstić information content (AvgIpc) is 3.13. The van der Waals surface area contributed by atoms with Gasteiger partial charge >= 0.3 is 5.97 Å². The fraction of sp³-hybridized carbons (Fsp3) is 0.385. The first kappa shape index (κ1) is 25.9. The third kappa shape index (κ3) is 5.86. The van der Waals surface area contributed by atoms with Gasteiger partial charge in [-0.2, -0.15) is 0 Å². The van der Waals surface area contributed by atoms with Crippen LogP contribution in [0.1, 0.15) is 54.3 Å². The summed E-state index contributed by atoms with van der Waals surface area (Å²) >= 11 is 0. The van der Waals surface area contributed by atoms with Crippen LogP contribution in [0.25, 0.3) is 0 Å². The van der Waals surface area contributed by atoms with Gasteiger partial charge in [-0.3, -0.25) is 14.4 Å². The molecule has 1 aliphatic rings. The number of imide groups is 1. The molecule has 9 nitrogen and oxygen atoms in total. The number of ether oxygens (including phenoxy) is 3. The third-order valence-corrected chi connectivity index (χ3v) is 6.00. The van der Waals surface area contributed by atoms with Crippen LogP contribution in [0.5, 0.6) is 11.5 Å². The predicted molar refractivity (Wildman–Crippen MR) is 129 cm³/mol. The van der Waals surface area contributed by atoms with Crippen LogP contribution >= 0.6 is 0 Å². The summed E-state index contributed by atoms with van der Waals surface area (Å²) in [5, 5.41) is 3.24. The molecule has 1 heterocycles. The maximum absolute atomic E-state index is 12.8. The lowest BCUT2D eigenvalue weighted by Gasteiger charge is -2.27. The number of ketones is 1. The van der Waals surface area contributed by atoms with Gasteiger partial charge in [-0.15, -0.1) is 0 Å². The summed E-state index contributed by atoms with van der Waals surface area (Å²) in [6.07, 6.45) is 0.876. The third-order valence-electron chi connectivity index (χ3n) is 6.00. The number of hydrogen-bond donors (Lipinski definition) is 1. The highest BCUT2D eigenvalue weighted by Gasteiger charge is 2.41. The van der Waals surface area contributed by atoms with Crippen molar-refractivity contribution in [3.05, 3.63) is 53.6 Å². The maximum atomic E-state index is 12.8. The highest BCUT2D eigenvalue weighted by molar-refractivity contribution is 6.22. The molecule has 2 aromatic carbocycles. The Bertz CT molecular complexity index is 1130. The van der Waals surface area contributed by atoms with Gasteiger partial charge < -0.3 is 19.5 Å². The first-order valence-corrected chi connectivity index (χ1v) is 11.3. The number of hydrogen-bond acceptors (Lipinski definition) is 8. The van der Waals surface area contributed by atoms with E-state index in [1.54, 1.807) is 12.1 Å². The van der Waals surface area contributed by atoms with Crippen molar-refractivity contribution in [3.63, 3.8) is 0 Å². The number of nitrogens with one attached hydrogen (secondary N) is 1. The van der Waals surface area contributed by atoms with Crippen molar-refractivity contribution in [2.75, 3.05) is 25.7 Å². The van der Waals surface area contributed by atoms with E-state index < -0.39 is 24.4 Å². The number of benzene rings is 2. The normalized spacial score (nSPS) is 15.8. The van der Waals surface area contributed by atoms with E-state index >= 15 is 0 Å². The van der Waals surface area contributed by atoms with Crippen LogP contribution in [-0.4, -0.2) is 56.0 Å². The topological polar surface area (TPSA) is 111 Å². The lowest BCUT2D eigenvalue weighted by molar-refractivity contribution is -0.121. The number of Topliss-reactive ketones (excluding diaryl/α,β-unsaturated/α-hetero) is 1. The largest absolute Gasteiger partial charge is 0.493 e. The molecule has 0 saturated carbocycles. The number of esters is 1. The standard InChI is InChI=1S/C26H30N2O7/c1-6-26(2,3)27-19-14-23(30)28(24(19)31)18-10-7-16(8-11-18)25(32)35-15-20(29)17-9-12-21(33-4)22(13-17)34-5/h7-13,19,27H,6,14-15H2,1-5H3. The van der Waals surface area contributed by atoms with Crippen LogP contribution in [0.4, 0.5) is 5.69 Å². The zero-order valence-corrected chi connectivity index (χ0v) is 20.5. The van der Waals surface area contributed by atoms with Gasteiger partial charge in [0.25, 0.3) is 5.91 Å². The van der Waals surface area contributed by atoms with Crippen LogP contribution in [0.2, 0.25) is 0 Å². The molecule has 186 valence electrons. The molecule has 1 unspecified atom stereocenters. The minimum atomic E-state index is -0.700. The lowest BCUT2D eigenvalue weighted by Crippen LogP contribution is -2.49. The van der Waals surface area contributed by atoms with Gasteiger partial charge in [-0.25, -0.2) is 9.69 Å². The number of amides is 2. The van der Waals surface area contributed by atoms with Gasteiger partial charge in [0.05, 0.1) is 37.9 Å². The van der Waals surface area contributed by atoms with Crippen molar-refractivity contribution < 1.29 is 33.4 Å². The van der Waals surface area contributed by atoms with Crippen molar-refractivity contribution >= 4 is 29.3 Å².